The Morgan fingerprint density at radius 1 is 1.21 bits per heavy atom. The number of hydrogen-bond acceptors (Lipinski definition) is 5. The number of nitrogens with two attached hydrogens (primary N) is 1. The van der Waals surface area contributed by atoms with Crippen LogP contribution in [0.1, 0.15) is 42.5 Å². The molecule has 3 heterocycles. The number of thiophene rings is 1. The molecule has 4 aromatic rings. The number of primary amides is 1. The quantitative estimate of drug-likeness (QED) is 0.455. The maximum atomic E-state index is 11.9. The molecule has 3 aromatic heterocycles. The Labute approximate surface area is 173 Å². The second-order valence-electron chi connectivity index (χ2n) is 8.00. The van der Waals surface area contributed by atoms with Crippen LogP contribution in [0.3, 0.4) is 0 Å². The van der Waals surface area contributed by atoms with Gasteiger partial charge in [-0.1, -0.05) is 45.0 Å². The van der Waals surface area contributed by atoms with Crippen LogP contribution in [0.25, 0.3) is 20.5 Å². The van der Waals surface area contributed by atoms with Gasteiger partial charge >= 0.3 is 0 Å². The second kappa shape index (κ2) is 7.37. The zero-order chi connectivity index (χ0) is 20.6. The number of rotatable bonds is 5. The van der Waals surface area contributed by atoms with Gasteiger partial charge in [-0.15, -0.1) is 11.3 Å². The van der Waals surface area contributed by atoms with Gasteiger partial charge in [-0.2, -0.15) is 0 Å². The lowest BCUT2D eigenvalue weighted by atomic mass is 9.86. The molecule has 0 spiro atoms. The SMILES string of the molecule is CC(C)(C)c1ccc(-c2cc3c(NCc4ccco4)ncc(C(N)=O)c3s2)cc1. The number of aromatic nitrogens is 1. The van der Waals surface area contributed by atoms with Crippen LogP contribution in [0.15, 0.2) is 59.3 Å². The first kappa shape index (κ1) is 19.2. The molecule has 3 N–H and O–H groups in total. The predicted octanol–water partition coefficient (Wildman–Crippen LogP) is 5.56. The first-order valence-electron chi connectivity index (χ1n) is 9.42. The van der Waals surface area contributed by atoms with Crippen molar-refractivity contribution in [1.82, 2.24) is 4.98 Å². The Bertz CT molecular complexity index is 1150. The zero-order valence-corrected chi connectivity index (χ0v) is 17.5. The van der Waals surface area contributed by atoms with Gasteiger partial charge in [0.2, 0.25) is 0 Å². The average Bonchev–Trinajstić information content (AvgIpc) is 3.35. The molecule has 1 aromatic carbocycles. The van der Waals surface area contributed by atoms with Gasteiger partial charge in [-0.3, -0.25) is 4.79 Å². The van der Waals surface area contributed by atoms with E-state index in [1.54, 1.807) is 17.6 Å². The van der Waals surface area contributed by atoms with E-state index in [9.17, 15) is 4.79 Å². The Kier molecular flexibility index (Phi) is 4.88. The smallest absolute Gasteiger partial charge is 0.251 e. The highest BCUT2D eigenvalue weighted by Gasteiger charge is 2.17. The first-order chi connectivity index (χ1) is 13.8. The van der Waals surface area contributed by atoms with Crippen molar-refractivity contribution in [3.05, 3.63) is 71.8 Å². The highest BCUT2D eigenvalue weighted by atomic mass is 32.1. The standard InChI is InChI=1S/C23H23N3O2S/c1-23(2,3)15-8-6-14(7-9-15)19-11-17-20(29-19)18(21(24)27)13-26-22(17)25-12-16-5-4-10-28-16/h4-11,13H,12H2,1-3H3,(H2,24,27)(H,25,26). The molecule has 0 aliphatic heterocycles. The fraction of sp³-hybridized carbons (Fsp3) is 0.217. The summed E-state index contributed by atoms with van der Waals surface area (Å²) in [6.07, 6.45) is 3.18. The predicted molar refractivity (Wildman–Crippen MR) is 118 cm³/mol. The van der Waals surface area contributed by atoms with Gasteiger partial charge in [0.25, 0.3) is 5.91 Å². The van der Waals surface area contributed by atoms with E-state index in [0.717, 1.165) is 26.3 Å². The van der Waals surface area contributed by atoms with Crippen LogP contribution in [0.2, 0.25) is 0 Å². The molecule has 0 saturated heterocycles. The molecule has 0 atom stereocenters. The van der Waals surface area contributed by atoms with Crippen LogP contribution in [0, 0.1) is 0 Å². The van der Waals surface area contributed by atoms with Gasteiger partial charge in [-0.05, 0) is 34.7 Å². The van der Waals surface area contributed by atoms with Crippen LogP contribution in [0.5, 0.6) is 0 Å². The van der Waals surface area contributed by atoms with Gasteiger partial charge in [0.15, 0.2) is 0 Å². The largest absolute Gasteiger partial charge is 0.467 e. The highest BCUT2D eigenvalue weighted by molar-refractivity contribution is 7.22. The van der Waals surface area contributed by atoms with Gasteiger partial charge < -0.3 is 15.5 Å². The molecule has 0 radical (unpaired) electrons. The van der Waals surface area contributed by atoms with Crippen LogP contribution in [-0.2, 0) is 12.0 Å². The van der Waals surface area contributed by atoms with Crippen molar-refractivity contribution in [2.45, 2.75) is 32.7 Å². The summed E-state index contributed by atoms with van der Waals surface area (Å²) >= 11 is 1.55. The Morgan fingerprint density at radius 2 is 1.97 bits per heavy atom. The Balaban J connectivity index is 1.75. The minimum Gasteiger partial charge on any atom is -0.467 e. The third-order valence-electron chi connectivity index (χ3n) is 4.87. The lowest BCUT2D eigenvalue weighted by Crippen LogP contribution is -2.12. The van der Waals surface area contributed by atoms with Crippen molar-refractivity contribution in [3.8, 4) is 10.4 Å². The number of furan rings is 1. The van der Waals surface area contributed by atoms with Crippen molar-refractivity contribution < 1.29 is 9.21 Å². The molecule has 0 fully saturated rings. The molecule has 148 valence electrons. The molecule has 0 aliphatic carbocycles. The molecule has 6 heteroatoms. The molecule has 29 heavy (non-hydrogen) atoms. The van der Waals surface area contributed by atoms with Crippen molar-refractivity contribution >= 4 is 33.1 Å². The van der Waals surface area contributed by atoms with Crippen molar-refractivity contribution in [2.24, 2.45) is 5.73 Å². The van der Waals surface area contributed by atoms with Gasteiger partial charge in [0.1, 0.15) is 11.6 Å². The molecule has 4 rings (SSSR count). The summed E-state index contributed by atoms with van der Waals surface area (Å²) in [5.74, 6) is 1.04. The number of pyridine rings is 1. The van der Waals surface area contributed by atoms with E-state index in [1.807, 2.05) is 12.1 Å². The minimum absolute atomic E-state index is 0.102. The number of nitrogens with one attached hydrogen (secondary N) is 1. The molecule has 0 unspecified atom stereocenters. The van der Waals surface area contributed by atoms with E-state index in [4.69, 9.17) is 10.2 Å². The van der Waals surface area contributed by atoms with Crippen molar-refractivity contribution in [1.29, 1.82) is 0 Å². The molecule has 1 amide bonds. The van der Waals surface area contributed by atoms with Crippen LogP contribution in [0.4, 0.5) is 5.82 Å². The molecule has 0 aliphatic rings. The van der Waals surface area contributed by atoms with Crippen molar-refractivity contribution in [2.75, 3.05) is 5.32 Å². The number of hydrogen-bond donors (Lipinski definition) is 2. The number of benzene rings is 1. The third kappa shape index (κ3) is 3.89. The summed E-state index contributed by atoms with van der Waals surface area (Å²) < 4.78 is 6.22. The summed E-state index contributed by atoms with van der Waals surface area (Å²) in [6.45, 7) is 7.10. The van der Waals surface area contributed by atoms with Gasteiger partial charge in [0, 0.05) is 16.5 Å². The molecule has 0 bridgehead atoms. The first-order valence-corrected chi connectivity index (χ1v) is 10.2. The lowest BCUT2D eigenvalue weighted by molar-refractivity contribution is 0.100. The number of carbonyl (C=O) groups is 1. The number of amides is 1. The summed E-state index contributed by atoms with van der Waals surface area (Å²) in [4.78, 5) is 17.4. The van der Waals surface area contributed by atoms with E-state index in [0.29, 0.717) is 17.9 Å². The number of anilines is 1. The van der Waals surface area contributed by atoms with E-state index in [1.165, 1.54) is 11.8 Å². The van der Waals surface area contributed by atoms with Crippen LogP contribution in [-0.4, -0.2) is 10.9 Å². The number of nitrogens with zero attached hydrogens (tertiary/aromatic N) is 1. The highest BCUT2D eigenvalue weighted by Crippen LogP contribution is 2.38. The Hall–Kier alpha value is -3.12. The summed E-state index contributed by atoms with van der Waals surface area (Å²) in [6, 6.07) is 14.4. The molecular formula is C23H23N3O2S. The molecule has 5 nitrogen and oxygen atoms in total. The monoisotopic (exact) mass is 405 g/mol. The van der Waals surface area contributed by atoms with E-state index < -0.39 is 5.91 Å². The lowest BCUT2D eigenvalue weighted by Gasteiger charge is -2.18. The van der Waals surface area contributed by atoms with Crippen LogP contribution >= 0.6 is 11.3 Å². The topological polar surface area (TPSA) is 81.2 Å². The van der Waals surface area contributed by atoms with E-state index in [-0.39, 0.29) is 5.41 Å². The molecule has 0 saturated carbocycles. The minimum atomic E-state index is -0.475. The second-order valence-corrected chi connectivity index (χ2v) is 9.05. The number of fused-ring (bicyclic) bond motifs is 1. The van der Waals surface area contributed by atoms with Crippen molar-refractivity contribution in [3.63, 3.8) is 0 Å². The fourth-order valence-electron chi connectivity index (χ4n) is 3.20. The van der Waals surface area contributed by atoms with E-state index >= 15 is 0 Å². The van der Waals surface area contributed by atoms with Gasteiger partial charge in [-0.25, -0.2) is 4.98 Å². The van der Waals surface area contributed by atoms with Gasteiger partial charge in [0.05, 0.1) is 23.1 Å². The maximum absolute atomic E-state index is 11.9. The summed E-state index contributed by atoms with van der Waals surface area (Å²) in [5.41, 5.74) is 8.51. The molecular weight excluding hydrogens is 382 g/mol. The zero-order valence-electron chi connectivity index (χ0n) is 16.7. The summed E-state index contributed by atoms with van der Waals surface area (Å²) in [7, 11) is 0. The van der Waals surface area contributed by atoms with Crippen LogP contribution < -0.4 is 11.1 Å². The van der Waals surface area contributed by atoms with E-state index in [2.05, 4.69) is 61.4 Å². The number of carbonyl (C=O) groups excluding carboxylic acids is 1. The fourth-order valence-corrected chi connectivity index (χ4v) is 4.38. The normalized spacial score (nSPS) is 11.7. The third-order valence-corrected chi connectivity index (χ3v) is 6.08. The summed E-state index contributed by atoms with van der Waals surface area (Å²) in [5, 5.41) is 4.18. The average molecular weight is 406 g/mol. The maximum Gasteiger partial charge on any atom is 0.251 e. The Morgan fingerprint density at radius 3 is 2.59 bits per heavy atom.